The first kappa shape index (κ1) is 11.9. The third-order valence-corrected chi connectivity index (χ3v) is 4.10. The Hall–Kier alpha value is -1.16. The van der Waals surface area contributed by atoms with Crippen LogP contribution in [0.3, 0.4) is 0 Å². The van der Waals surface area contributed by atoms with E-state index in [1.54, 1.807) is 7.11 Å². The molecule has 0 aromatic rings. The van der Waals surface area contributed by atoms with Gasteiger partial charge in [-0.25, -0.2) is 0 Å². The molecule has 0 spiro atoms. The van der Waals surface area contributed by atoms with Crippen LogP contribution in [0.4, 0.5) is 0 Å². The first-order chi connectivity index (χ1) is 8.75. The number of rotatable bonds is 2. The summed E-state index contributed by atoms with van der Waals surface area (Å²) in [6.07, 6.45) is 6.39. The SMILES string of the molecule is COC1=C2OCCC[C@H]2[C@@](O)(C2=CCCCO2)C1. The van der Waals surface area contributed by atoms with Gasteiger partial charge in [0, 0.05) is 6.42 Å². The fraction of sp³-hybridized carbons (Fsp3) is 0.714. The molecule has 2 heterocycles. The molecule has 2 atom stereocenters. The molecule has 0 aromatic carbocycles. The van der Waals surface area contributed by atoms with Crippen LogP contribution >= 0.6 is 0 Å². The molecule has 100 valence electrons. The molecule has 0 radical (unpaired) electrons. The minimum atomic E-state index is -0.957. The van der Waals surface area contributed by atoms with Gasteiger partial charge >= 0.3 is 0 Å². The van der Waals surface area contributed by atoms with Gasteiger partial charge in [-0.1, -0.05) is 0 Å². The second-order valence-electron chi connectivity index (χ2n) is 5.19. The minimum Gasteiger partial charge on any atom is -0.497 e. The lowest BCUT2D eigenvalue weighted by Crippen LogP contribution is -2.40. The van der Waals surface area contributed by atoms with E-state index in [2.05, 4.69) is 0 Å². The zero-order valence-corrected chi connectivity index (χ0v) is 10.8. The van der Waals surface area contributed by atoms with E-state index in [9.17, 15) is 5.11 Å². The highest BCUT2D eigenvalue weighted by Crippen LogP contribution is 2.49. The highest BCUT2D eigenvalue weighted by Gasteiger charge is 2.53. The maximum absolute atomic E-state index is 11.0. The monoisotopic (exact) mass is 252 g/mol. The summed E-state index contributed by atoms with van der Waals surface area (Å²) in [5.41, 5.74) is -0.957. The van der Waals surface area contributed by atoms with Gasteiger partial charge in [-0.2, -0.15) is 0 Å². The van der Waals surface area contributed by atoms with E-state index >= 15 is 0 Å². The van der Waals surface area contributed by atoms with Gasteiger partial charge in [-0.05, 0) is 31.8 Å². The zero-order valence-electron chi connectivity index (χ0n) is 10.8. The van der Waals surface area contributed by atoms with Gasteiger partial charge in [0.15, 0.2) is 0 Å². The molecule has 1 aliphatic carbocycles. The Labute approximate surface area is 107 Å². The molecule has 0 bridgehead atoms. The largest absolute Gasteiger partial charge is 0.497 e. The highest BCUT2D eigenvalue weighted by atomic mass is 16.5. The van der Waals surface area contributed by atoms with Crippen LogP contribution in [0.15, 0.2) is 23.4 Å². The maximum Gasteiger partial charge on any atom is 0.140 e. The lowest BCUT2D eigenvalue weighted by Gasteiger charge is -2.36. The first-order valence-corrected chi connectivity index (χ1v) is 6.71. The quantitative estimate of drug-likeness (QED) is 0.817. The van der Waals surface area contributed by atoms with Crippen molar-refractivity contribution in [2.45, 2.75) is 37.7 Å². The summed E-state index contributed by atoms with van der Waals surface area (Å²) >= 11 is 0. The van der Waals surface area contributed by atoms with Crippen molar-refractivity contribution in [1.29, 1.82) is 0 Å². The minimum absolute atomic E-state index is 0.00875. The summed E-state index contributed by atoms with van der Waals surface area (Å²) < 4.78 is 16.8. The number of ether oxygens (including phenoxy) is 3. The van der Waals surface area contributed by atoms with Gasteiger partial charge < -0.3 is 19.3 Å². The molecule has 1 N–H and O–H groups in total. The van der Waals surface area contributed by atoms with E-state index in [4.69, 9.17) is 14.2 Å². The van der Waals surface area contributed by atoms with Crippen molar-refractivity contribution >= 4 is 0 Å². The van der Waals surface area contributed by atoms with Crippen LogP contribution in [0.25, 0.3) is 0 Å². The Bertz CT molecular complexity index is 399. The van der Waals surface area contributed by atoms with E-state index in [1.165, 1.54) is 0 Å². The van der Waals surface area contributed by atoms with Gasteiger partial charge in [0.2, 0.25) is 0 Å². The summed E-state index contributed by atoms with van der Waals surface area (Å²) in [7, 11) is 1.64. The van der Waals surface area contributed by atoms with Crippen molar-refractivity contribution in [3.8, 4) is 0 Å². The summed E-state index contributed by atoms with van der Waals surface area (Å²) in [6.45, 7) is 1.41. The molecular formula is C14H20O4. The summed E-state index contributed by atoms with van der Waals surface area (Å²) in [4.78, 5) is 0. The van der Waals surface area contributed by atoms with Crippen molar-refractivity contribution in [1.82, 2.24) is 0 Å². The number of fused-ring (bicyclic) bond motifs is 1. The Kier molecular flexibility index (Phi) is 2.98. The van der Waals surface area contributed by atoms with Crippen LogP contribution < -0.4 is 0 Å². The van der Waals surface area contributed by atoms with Crippen molar-refractivity contribution in [2.24, 2.45) is 5.92 Å². The smallest absolute Gasteiger partial charge is 0.140 e. The molecule has 3 rings (SSSR count). The Morgan fingerprint density at radius 2 is 2.17 bits per heavy atom. The van der Waals surface area contributed by atoms with Gasteiger partial charge in [-0.15, -0.1) is 0 Å². The second kappa shape index (κ2) is 4.50. The molecule has 4 nitrogen and oxygen atoms in total. The number of allylic oxidation sites excluding steroid dienone is 1. The molecule has 2 aliphatic heterocycles. The van der Waals surface area contributed by atoms with Crippen LogP contribution in [0.5, 0.6) is 0 Å². The zero-order chi connectivity index (χ0) is 12.6. The van der Waals surface area contributed by atoms with Crippen molar-refractivity contribution in [3.63, 3.8) is 0 Å². The van der Waals surface area contributed by atoms with Crippen LogP contribution in [0.2, 0.25) is 0 Å². The highest BCUT2D eigenvalue weighted by molar-refractivity contribution is 5.31. The number of hydrogen-bond acceptors (Lipinski definition) is 4. The fourth-order valence-electron chi connectivity index (χ4n) is 3.18. The summed E-state index contributed by atoms with van der Waals surface area (Å²) in [5, 5.41) is 11.0. The van der Waals surface area contributed by atoms with Gasteiger partial charge in [0.05, 0.1) is 26.2 Å². The fourth-order valence-corrected chi connectivity index (χ4v) is 3.18. The lowest BCUT2D eigenvalue weighted by molar-refractivity contribution is -0.0458. The predicted molar refractivity (Wildman–Crippen MR) is 65.5 cm³/mol. The van der Waals surface area contributed by atoms with E-state index in [-0.39, 0.29) is 5.92 Å². The molecule has 3 aliphatic rings. The van der Waals surface area contributed by atoms with E-state index < -0.39 is 5.60 Å². The standard InChI is InChI=1S/C14H20O4/c1-16-11-9-14(15,12-6-2-3-7-17-12)10-5-4-8-18-13(10)11/h6,10,15H,2-5,7-9H2,1H3/t10-,14-/m1/s1. The Morgan fingerprint density at radius 3 is 2.89 bits per heavy atom. The average Bonchev–Trinajstić information content (AvgIpc) is 2.75. The molecule has 1 fully saturated rings. The third kappa shape index (κ3) is 1.70. The molecule has 1 saturated heterocycles. The van der Waals surface area contributed by atoms with Crippen LogP contribution in [0, 0.1) is 5.92 Å². The maximum atomic E-state index is 11.0. The molecule has 0 unspecified atom stereocenters. The normalized spacial score (nSPS) is 35.4. The molecule has 0 saturated carbocycles. The van der Waals surface area contributed by atoms with E-state index in [0.717, 1.165) is 37.2 Å². The van der Waals surface area contributed by atoms with Gasteiger partial charge in [0.25, 0.3) is 0 Å². The van der Waals surface area contributed by atoms with Crippen molar-refractivity contribution in [3.05, 3.63) is 23.4 Å². The topological polar surface area (TPSA) is 47.9 Å². The molecule has 0 amide bonds. The van der Waals surface area contributed by atoms with Gasteiger partial charge in [-0.3, -0.25) is 0 Å². The Morgan fingerprint density at radius 1 is 1.33 bits per heavy atom. The molecular weight excluding hydrogens is 232 g/mol. The second-order valence-corrected chi connectivity index (χ2v) is 5.19. The summed E-state index contributed by atoms with van der Waals surface area (Å²) in [6, 6.07) is 0. The Balaban J connectivity index is 1.92. The van der Waals surface area contributed by atoms with Crippen LogP contribution in [-0.2, 0) is 14.2 Å². The molecule has 4 heteroatoms. The summed E-state index contributed by atoms with van der Waals surface area (Å²) in [5.74, 6) is 2.32. The van der Waals surface area contributed by atoms with Crippen molar-refractivity contribution < 1.29 is 19.3 Å². The number of aliphatic hydroxyl groups is 1. The molecule has 18 heavy (non-hydrogen) atoms. The van der Waals surface area contributed by atoms with Gasteiger partial charge in [0.1, 0.15) is 22.9 Å². The third-order valence-electron chi connectivity index (χ3n) is 4.10. The number of hydrogen-bond donors (Lipinski definition) is 1. The van der Waals surface area contributed by atoms with Crippen LogP contribution in [-0.4, -0.2) is 31.0 Å². The van der Waals surface area contributed by atoms with E-state index in [0.29, 0.717) is 25.4 Å². The van der Waals surface area contributed by atoms with E-state index in [1.807, 2.05) is 6.08 Å². The number of methoxy groups -OCH3 is 1. The predicted octanol–water partition coefficient (Wildman–Crippen LogP) is 2.10. The first-order valence-electron chi connectivity index (χ1n) is 6.71. The lowest BCUT2D eigenvalue weighted by atomic mass is 9.82. The molecule has 0 aromatic heterocycles. The average molecular weight is 252 g/mol. The van der Waals surface area contributed by atoms with Crippen molar-refractivity contribution in [2.75, 3.05) is 20.3 Å². The van der Waals surface area contributed by atoms with Crippen LogP contribution in [0.1, 0.15) is 32.1 Å².